The molecule has 1 aromatic carbocycles. The third kappa shape index (κ3) is 3.35. The molecule has 0 unspecified atom stereocenters. The average molecular weight is 345 g/mol. The van der Waals surface area contributed by atoms with Crippen LogP contribution in [0.4, 0.5) is 5.95 Å². The number of hydrogen-bond donors (Lipinski definition) is 3. The molecule has 0 aliphatic carbocycles. The largest absolute Gasteiger partial charge is 0.361 e. The summed E-state index contributed by atoms with van der Waals surface area (Å²) in [6.45, 7) is 2.76. The third-order valence-corrected chi connectivity index (χ3v) is 4.33. The molecule has 4 rings (SSSR count). The lowest BCUT2D eigenvalue weighted by Gasteiger charge is -2.07. The lowest BCUT2D eigenvalue weighted by molar-refractivity contribution is 0.983. The summed E-state index contributed by atoms with van der Waals surface area (Å²) in [6.07, 6.45) is 6.23. The molecule has 0 bridgehead atoms. The number of H-pyrrole nitrogens is 2. The number of aromatic nitrogens is 4. The van der Waals surface area contributed by atoms with Gasteiger partial charge in [0.25, 0.3) is 5.56 Å². The van der Waals surface area contributed by atoms with Gasteiger partial charge >= 0.3 is 0 Å². The van der Waals surface area contributed by atoms with Gasteiger partial charge in [0.1, 0.15) is 0 Å². The highest BCUT2D eigenvalue weighted by atomic mass is 16.1. The lowest BCUT2D eigenvalue weighted by Crippen LogP contribution is -2.14. The molecule has 6 nitrogen and oxygen atoms in total. The third-order valence-electron chi connectivity index (χ3n) is 4.33. The Morgan fingerprint density at radius 2 is 1.96 bits per heavy atom. The fourth-order valence-electron chi connectivity index (χ4n) is 3.03. The zero-order valence-corrected chi connectivity index (χ0v) is 14.4. The summed E-state index contributed by atoms with van der Waals surface area (Å²) in [6, 6.07) is 11.5. The molecule has 0 atom stereocenters. The van der Waals surface area contributed by atoms with Crippen molar-refractivity contribution in [2.75, 3.05) is 11.9 Å². The first kappa shape index (κ1) is 16.1. The zero-order valence-electron chi connectivity index (χ0n) is 14.4. The molecule has 0 fully saturated rings. The Kier molecular flexibility index (Phi) is 4.23. The maximum atomic E-state index is 11.9. The van der Waals surface area contributed by atoms with E-state index in [-0.39, 0.29) is 5.56 Å². The van der Waals surface area contributed by atoms with Gasteiger partial charge in [0.05, 0.1) is 5.69 Å². The molecule has 0 aliphatic rings. The normalized spacial score (nSPS) is 11.0. The Morgan fingerprint density at radius 3 is 2.81 bits per heavy atom. The highest BCUT2D eigenvalue weighted by Gasteiger charge is 2.06. The van der Waals surface area contributed by atoms with Crippen molar-refractivity contribution in [2.24, 2.45) is 0 Å². The van der Waals surface area contributed by atoms with Gasteiger partial charge in [-0.15, -0.1) is 0 Å². The van der Waals surface area contributed by atoms with Crippen molar-refractivity contribution in [3.05, 3.63) is 76.5 Å². The fourth-order valence-corrected chi connectivity index (χ4v) is 3.03. The summed E-state index contributed by atoms with van der Waals surface area (Å²) in [5, 5.41) is 4.45. The van der Waals surface area contributed by atoms with Crippen molar-refractivity contribution in [2.45, 2.75) is 13.3 Å². The molecule has 3 aromatic heterocycles. The van der Waals surface area contributed by atoms with Gasteiger partial charge in [-0.2, -0.15) is 0 Å². The molecule has 0 saturated carbocycles. The number of fused-ring (bicyclic) bond motifs is 1. The predicted octanol–water partition coefficient (Wildman–Crippen LogP) is 3.28. The second-order valence-electron chi connectivity index (χ2n) is 6.25. The van der Waals surface area contributed by atoms with Gasteiger partial charge in [0.15, 0.2) is 0 Å². The van der Waals surface area contributed by atoms with Crippen LogP contribution in [0.5, 0.6) is 0 Å². The van der Waals surface area contributed by atoms with Gasteiger partial charge in [-0.05, 0) is 43.2 Å². The summed E-state index contributed by atoms with van der Waals surface area (Å²) in [4.78, 5) is 26.5. The molecule has 26 heavy (non-hydrogen) atoms. The number of pyridine rings is 1. The van der Waals surface area contributed by atoms with E-state index >= 15 is 0 Å². The van der Waals surface area contributed by atoms with E-state index in [1.54, 1.807) is 12.4 Å². The quantitative estimate of drug-likeness (QED) is 0.518. The Hall–Kier alpha value is -3.41. The van der Waals surface area contributed by atoms with Crippen LogP contribution in [0.2, 0.25) is 0 Å². The Bertz CT molecular complexity index is 1100. The molecule has 0 spiro atoms. The van der Waals surface area contributed by atoms with E-state index in [1.165, 1.54) is 22.6 Å². The van der Waals surface area contributed by atoms with Crippen molar-refractivity contribution in [3.8, 4) is 11.3 Å². The maximum absolute atomic E-state index is 11.9. The van der Waals surface area contributed by atoms with Gasteiger partial charge < -0.3 is 10.3 Å². The van der Waals surface area contributed by atoms with Crippen molar-refractivity contribution >= 4 is 16.9 Å². The summed E-state index contributed by atoms with van der Waals surface area (Å²) in [7, 11) is 0. The zero-order chi connectivity index (χ0) is 17.9. The number of nitrogens with one attached hydrogen (secondary N) is 3. The minimum Gasteiger partial charge on any atom is -0.361 e. The van der Waals surface area contributed by atoms with Crippen LogP contribution in [0.15, 0.2) is 59.8 Å². The minimum atomic E-state index is -0.183. The topological polar surface area (TPSA) is 86.5 Å². The van der Waals surface area contributed by atoms with Crippen LogP contribution in [-0.2, 0) is 6.42 Å². The van der Waals surface area contributed by atoms with Gasteiger partial charge in [0, 0.05) is 47.7 Å². The van der Waals surface area contributed by atoms with Crippen molar-refractivity contribution in [1.82, 2.24) is 19.9 Å². The molecular formula is C20H19N5O. The molecule has 0 amide bonds. The number of nitrogens with zero attached hydrogens (tertiary/aromatic N) is 2. The standard InChI is InChI=1S/C20H19N5O/c1-13-2-3-17-16(10-13)15(12-23-17)6-9-22-20-24-18(11-19(26)25-20)14-4-7-21-8-5-14/h2-5,7-8,10-12,23H,6,9H2,1H3,(H2,22,24,25,26). The molecule has 0 radical (unpaired) electrons. The molecule has 4 aromatic rings. The molecule has 3 N–H and O–H groups in total. The number of rotatable bonds is 5. The maximum Gasteiger partial charge on any atom is 0.252 e. The van der Waals surface area contributed by atoms with E-state index in [2.05, 4.69) is 50.4 Å². The van der Waals surface area contributed by atoms with Crippen molar-refractivity contribution in [1.29, 1.82) is 0 Å². The number of aromatic amines is 2. The van der Waals surface area contributed by atoms with Crippen LogP contribution in [0.1, 0.15) is 11.1 Å². The molecule has 0 aliphatic heterocycles. The number of anilines is 1. The second kappa shape index (κ2) is 6.84. The predicted molar refractivity (Wildman–Crippen MR) is 103 cm³/mol. The van der Waals surface area contributed by atoms with Crippen LogP contribution < -0.4 is 10.9 Å². The number of hydrogen-bond acceptors (Lipinski definition) is 4. The summed E-state index contributed by atoms with van der Waals surface area (Å²) in [5.41, 5.74) is 4.92. The Balaban J connectivity index is 1.50. The van der Waals surface area contributed by atoms with E-state index < -0.39 is 0 Å². The lowest BCUT2D eigenvalue weighted by atomic mass is 10.1. The first-order valence-electron chi connectivity index (χ1n) is 8.51. The van der Waals surface area contributed by atoms with E-state index in [1.807, 2.05) is 18.3 Å². The fraction of sp³-hybridized carbons (Fsp3) is 0.150. The van der Waals surface area contributed by atoms with Crippen LogP contribution in [0.25, 0.3) is 22.2 Å². The molecule has 0 saturated heterocycles. The van der Waals surface area contributed by atoms with E-state index in [9.17, 15) is 4.79 Å². The van der Waals surface area contributed by atoms with E-state index in [0.717, 1.165) is 17.5 Å². The summed E-state index contributed by atoms with van der Waals surface area (Å²) >= 11 is 0. The van der Waals surface area contributed by atoms with Crippen LogP contribution >= 0.6 is 0 Å². The molecule has 6 heteroatoms. The molecular weight excluding hydrogens is 326 g/mol. The Labute approximate surface area is 150 Å². The monoisotopic (exact) mass is 345 g/mol. The number of benzene rings is 1. The van der Waals surface area contributed by atoms with Crippen molar-refractivity contribution < 1.29 is 0 Å². The Morgan fingerprint density at radius 1 is 1.12 bits per heavy atom. The average Bonchev–Trinajstić information content (AvgIpc) is 3.04. The molecule has 3 heterocycles. The first-order valence-corrected chi connectivity index (χ1v) is 8.51. The highest BCUT2D eigenvalue weighted by Crippen LogP contribution is 2.20. The van der Waals surface area contributed by atoms with E-state index in [4.69, 9.17) is 0 Å². The minimum absolute atomic E-state index is 0.183. The van der Waals surface area contributed by atoms with Gasteiger partial charge in [-0.3, -0.25) is 14.8 Å². The van der Waals surface area contributed by atoms with Crippen LogP contribution in [0, 0.1) is 6.92 Å². The summed E-state index contributed by atoms with van der Waals surface area (Å²) < 4.78 is 0. The SMILES string of the molecule is Cc1ccc2[nH]cc(CCNc3nc(-c4ccncc4)cc(=O)[nH]3)c2c1. The van der Waals surface area contributed by atoms with Crippen LogP contribution in [-0.4, -0.2) is 26.5 Å². The highest BCUT2D eigenvalue weighted by molar-refractivity contribution is 5.83. The first-order chi connectivity index (χ1) is 12.7. The van der Waals surface area contributed by atoms with E-state index in [0.29, 0.717) is 18.2 Å². The smallest absolute Gasteiger partial charge is 0.252 e. The van der Waals surface area contributed by atoms with Gasteiger partial charge in [-0.25, -0.2) is 4.98 Å². The summed E-state index contributed by atoms with van der Waals surface area (Å²) in [5.74, 6) is 0.473. The molecule has 130 valence electrons. The van der Waals surface area contributed by atoms with Gasteiger partial charge in [0.2, 0.25) is 5.95 Å². The van der Waals surface area contributed by atoms with Crippen LogP contribution in [0.3, 0.4) is 0 Å². The number of aryl methyl sites for hydroxylation is 1. The van der Waals surface area contributed by atoms with Crippen molar-refractivity contribution in [3.63, 3.8) is 0 Å². The second-order valence-corrected chi connectivity index (χ2v) is 6.25. The van der Waals surface area contributed by atoms with Gasteiger partial charge in [-0.1, -0.05) is 11.6 Å².